The zero-order valence-electron chi connectivity index (χ0n) is 11.6. The Balaban J connectivity index is 2.52. The van der Waals surface area contributed by atoms with Crippen LogP contribution >= 0.6 is 0 Å². The average molecular weight is 298 g/mol. The summed E-state index contributed by atoms with van der Waals surface area (Å²) in [5.41, 5.74) is 0.951. The molecule has 0 aromatic heterocycles. The number of hydrogen-bond acceptors (Lipinski definition) is 4. The molecule has 2 unspecified atom stereocenters. The van der Waals surface area contributed by atoms with Crippen LogP contribution in [0.4, 0.5) is 5.69 Å². The third kappa shape index (κ3) is 2.70. The molecule has 110 valence electrons. The van der Waals surface area contributed by atoms with Gasteiger partial charge in [0.2, 0.25) is 11.3 Å². The van der Waals surface area contributed by atoms with Crippen molar-refractivity contribution < 1.29 is 18.3 Å². The number of rotatable bonds is 2. The number of para-hydroxylation sites is 1. The number of anilines is 1. The lowest BCUT2D eigenvalue weighted by molar-refractivity contribution is -0.146. The second-order valence-electron chi connectivity index (χ2n) is 5.24. The summed E-state index contributed by atoms with van der Waals surface area (Å²) >= 11 is -2.28. The first-order valence-corrected chi connectivity index (χ1v) is 7.24. The van der Waals surface area contributed by atoms with Gasteiger partial charge in [-0.2, -0.15) is 4.31 Å². The third-order valence-corrected chi connectivity index (χ3v) is 4.14. The quantitative estimate of drug-likeness (QED) is 0.637. The molecule has 6 nitrogen and oxygen atoms in total. The number of ether oxygens (including phenoxy) is 1. The molecule has 0 spiro atoms. The summed E-state index contributed by atoms with van der Waals surface area (Å²) in [7, 11) is 1.27. The average Bonchev–Trinajstić information content (AvgIpc) is 2.50. The second-order valence-corrected chi connectivity index (χ2v) is 6.17. The molecule has 1 aliphatic heterocycles. The van der Waals surface area contributed by atoms with Gasteiger partial charge in [0.15, 0.2) is 0 Å². The van der Waals surface area contributed by atoms with Gasteiger partial charge in [-0.15, -0.1) is 0 Å². The molecule has 1 aliphatic rings. The van der Waals surface area contributed by atoms with Crippen LogP contribution in [0.5, 0.6) is 0 Å². The third-order valence-electron chi connectivity index (χ3n) is 3.40. The number of benzene rings is 1. The monoisotopic (exact) mass is 298 g/mol. The SMILES string of the molecule is COC(=O)C1N(S(=O)O)Cc2ccccc2NC1(C)C. The molecular formula is C13H18N2O4S. The molecule has 0 saturated carbocycles. The lowest BCUT2D eigenvalue weighted by Gasteiger charge is -2.36. The normalized spacial score (nSPS) is 23.1. The van der Waals surface area contributed by atoms with Crippen LogP contribution in [0.3, 0.4) is 0 Å². The molecule has 1 aromatic rings. The van der Waals surface area contributed by atoms with Gasteiger partial charge in [-0.05, 0) is 25.5 Å². The predicted molar refractivity (Wildman–Crippen MR) is 76.3 cm³/mol. The van der Waals surface area contributed by atoms with E-state index in [1.54, 1.807) is 13.8 Å². The number of fused-ring (bicyclic) bond motifs is 1. The maximum atomic E-state index is 12.1. The highest BCUT2D eigenvalue weighted by atomic mass is 32.2. The van der Waals surface area contributed by atoms with E-state index in [4.69, 9.17) is 4.74 Å². The van der Waals surface area contributed by atoms with Gasteiger partial charge in [-0.1, -0.05) is 18.2 Å². The first-order valence-electron chi connectivity index (χ1n) is 6.18. The van der Waals surface area contributed by atoms with Crippen molar-refractivity contribution in [2.24, 2.45) is 0 Å². The molecule has 2 atom stereocenters. The van der Waals surface area contributed by atoms with Crippen LogP contribution < -0.4 is 5.32 Å². The van der Waals surface area contributed by atoms with E-state index in [2.05, 4.69) is 5.32 Å². The summed E-state index contributed by atoms with van der Waals surface area (Å²) in [5, 5.41) is 3.26. The molecule has 0 aliphatic carbocycles. The van der Waals surface area contributed by atoms with Crippen molar-refractivity contribution in [1.29, 1.82) is 0 Å². The Morgan fingerprint density at radius 1 is 1.50 bits per heavy atom. The van der Waals surface area contributed by atoms with Crippen molar-refractivity contribution in [2.45, 2.75) is 32.0 Å². The molecule has 0 amide bonds. The van der Waals surface area contributed by atoms with E-state index in [-0.39, 0.29) is 6.54 Å². The van der Waals surface area contributed by atoms with Gasteiger partial charge < -0.3 is 10.1 Å². The molecule has 0 bridgehead atoms. The molecule has 0 saturated heterocycles. The molecule has 2 rings (SSSR count). The van der Waals surface area contributed by atoms with Gasteiger partial charge in [0.1, 0.15) is 6.04 Å². The van der Waals surface area contributed by atoms with Crippen LogP contribution in [0.15, 0.2) is 24.3 Å². The first-order chi connectivity index (χ1) is 9.36. The molecule has 20 heavy (non-hydrogen) atoms. The Bertz CT molecular complexity index is 547. The lowest BCUT2D eigenvalue weighted by Crippen LogP contribution is -2.57. The number of carbonyl (C=O) groups is 1. The van der Waals surface area contributed by atoms with Gasteiger partial charge in [-0.3, -0.25) is 9.35 Å². The summed E-state index contributed by atoms with van der Waals surface area (Å²) in [6.07, 6.45) is 0. The number of nitrogens with one attached hydrogen (secondary N) is 1. The molecular weight excluding hydrogens is 280 g/mol. The van der Waals surface area contributed by atoms with Crippen LogP contribution in [-0.2, 0) is 27.3 Å². The topological polar surface area (TPSA) is 78.9 Å². The zero-order chi connectivity index (χ0) is 14.9. The van der Waals surface area contributed by atoms with Crippen LogP contribution in [0.1, 0.15) is 19.4 Å². The number of hydrogen-bond donors (Lipinski definition) is 2. The first kappa shape index (κ1) is 15.0. The van der Waals surface area contributed by atoms with Crippen molar-refractivity contribution in [3.05, 3.63) is 29.8 Å². The molecule has 1 heterocycles. The maximum Gasteiger partial charge on any atom is 0.326 e. The Hall–Kier alpha value is -1.44. The van der Waals surface area contributed by atoms with E-state index >= 15 is 0 Å². The Morgan fingerprint density at radius 3 is 2.75 bits per heavy atom. The van der Waals surface area contributed by atoms with E-state index < -0.39 is 28.8 Å². The van der Waals surface area contributed by atoms with Crippen LogP contribution in [0.25, 0.3) is 0 Å². The van der Waals surface area contributed by atoms with Gasteiger partial charge in [0, 0.05) is 12.2 Å². The summed E-state index contributed by atoms with van der Waals surface area (Å²) in [6, 6.07) is 6.60. The van der Waals surface area contributed by atoms with E-state index in [9.17, 15) is 13.6 Å². The van der Waals surface area contributed by atoms with Crippen molar-refractivity contribution in [3.63, 3.8) is 0 Å². The second kappa shape index (κ2) is 5.51. The van der Waals surface area contributed by atoms with Crippen LogP contribution in [0, 0.1) is 0 Å². The van der Waals surface area contributed by atoms with Crippen molar-refractivity contribution in [2.75, 3.05) is 12.4 Å². The van der Waals surface area contributed by atoms with Gasteiger partial charge >= 0.3 is 5.97 Å². The lowest BCUT2D eigenvalue weighted by atomic mass is 9.94. The molecule has 0 radical (unpaired) electrons. The van der Waals surface area contributed by atoms with Crippen molar-refractivity contribution in [1.82, 2.24) is 4.31 Å². The van der Waals surface area contributed by atoms with Crippen LogP contribution in [0.2, 0.25) is 0 Å². The maximum absolute atomic E-state index is 12.1. The van der Waals surface area contributed by atoms with E-state index in [1.807, 2.05) is 24.3 Å². The van der Waals surface area contributed by atoms with Crippen molar-refractivity contribution in [3.8, 4) is 0 Å². The highest BCUT2D eigenvalue weighted by Gasteiger charge is 2.45. The number of esters is 1. The fourth-order valence-corrected chi connectivity index (χ4v) is 3.26. The Labute approximate surface area is 120 Å². The van der Waals surface area contributed by atoms with Gasteiger partial charge in [-0.25, -0.2) is 4.21 Å². The smallest absolute Gasteiger partial charge is 0.326 e. The zero-order valence-corrected chi connectivity index (χ0v) is 12.4. The minimum atomic E-state index is -2.28. The van der Waals surface area contributed by atoms with E-state index in [0.717, 1.165) is 11.3 Å². The van der Waals surface area contributed by atoms with Crippen LogP contribution in [-0.4, -0.2) is 37.7 Å². The molecule has 2 N–H and O–H groups in total. The van der Waals surface area contributed by atoms with Crippen molar-refractivity contribution >= 4 is 22.9 Å². The van der Waals surface area contributed by atoms with Gasteiger partial charge in [0.25, 0.3) is 0 Å². The molecule has 7 heteroatoms. The summed E-state index contributed by atoms with van der Waals surface area (Å²) < 4.78 is 27.2. The Kier molecular flexibility index (Phi) is 4.12. The number of carbonyl (C=O) groups excluding carboxylic acids is 1. The number of nitrogens with zero attached hydrogens (tertiary/aromatic N) is 1. The van der Waals surface area contributed by atoms with E-state index in [1.165, 1.54) is 11.4 Å². The number of methoxy groups -OCH3 is 1. The highest BCUT2D eigenvalue weighted by Crippen LogP contribution is 2.32. The predicted octanol–water partition coefficient (Wildman–Crippen LogP) is 1.37. The molecule has 1 aromatic carbocycles. The summed E-state index contributed by atoms with van der Waals surface area (Å²) in [4.78, 5) is 12.1. The van der Waals surface area contributed by atoms with Gasteiger partial charge in [0.05, 0.1) is 12.6 Å². The Morgan fingerprint density at radius 2 is 2.15 bits per heavy atom. The summed E-state index contributed by atoms with van der Waals surface area (Å²) in [6.45, 7) is 3.79. The standard InChI is InChI=1S/C13H18N2O4S/c1-13(2)11(12(16)19-3)15(20(17)18)8-9-6-4-5-7-10(9)14-13/h4-7,11,14H,8H2,1-3H3,(H,17,18). The minimum Gasteiger partial charge on any atom is -0.468 e. The summed E-state index contributed by atoms with van der Waals surface area (Å²) in [5.74, 6) is -0.544. The highest BCUT2D eigenvalue weighted by molar-refractivity contribution is 7.76. The minimum absolute atomic E-state index is 0.190. The fraction of sp³-hybridized carbons (Fsp3) is 0.462. The largest absolute Gasteiger partial charge is 0.468 e. The molecule has 0 fully saturated rings. The van der Waals surface area contributed by atoms with E-state index in [0.29, 0.717) is 0 Å². The fourth-order valence-electron chi connectivity index (χ4n) is 2.48.